The molecule has 0 bridgehead atoms. The van der Waals surface area contributed by atoms with E-state index in [9.17, 15) is 66.7 Å². The summed E-state index contributed by atoms with van der Waals surface area (Å²) in [5, 5.41) is 67.5. The average molecular weight is 663 g/mol. The van der Waals surface area contributed by atoms with E-state index in [0.717, 1.165) is 19.1 Å². The van der Waals surface area contributed by atoms with Crippen LogP contribution in [0, 0.1) is 0 Å². The van der Waals surface area contributed by atoms with Crippen molar-refractivity contribution in [3.63, 3.8) is 0 Å². The minimum atomic E-state index is -4.75. The zero-order chi connectivity index (χ0) is 33.3. The summed E-state index contributed by atoms with van der Waals surface area (Å²) in [7, 11) is -9.32. The molecule has 0 saturated heterocycles. The fourth-order valence-corrected chi connectivity index (χ4v) is 4.47. The molecule has 0 amide bonds. The second-order valence-electron chi connectivity index (χ2n) is 8.57. The number of aliphatic hydroxyl groups is 5. The molecule has 0 unspecified atom stereocenters. The van der Waals surface area contributed by atoms with Gasteiger partial charge in [0.05, 0.1) is 24.2 Å². The highest BCUT2D eigenvalue weighted by Crippen LogP contribution is 2.24. The van der Waals surface area contributed by atoms with Gasteiger partial charge in [-0.25, -0.2) is 19.2 Å². The second kappa shape index (κ2) is 16.0. The van der Waals surface area contributed by atoms with Crippen molar-refractivity contribution in [3.8, 4) is 0 Å². The smallest absolute Gasteiger partial charge is 0.349 e. The summed E-state index contributed by atoms with van der Waals surface area (Å²) >= 11 is 0. The summed E-state index contributed by atoms with van der Waals surface area (Å²) in [6, 6.07) is 6.40. The van der Waals surface area contributed by atoms with Crippen molar-refractivity contribution < 1.29 is 89.6 Å². The number of carbonyl (C=O) groups excluding carboxylic acids is 2. The lowest BCUT2D eigenvalue weighted by Crippen LogP contribution is -2.57. The molecule has 0 spiro atoms. The van der Waals surface area contributed by atoms with E-state index in [1.807, 2.05) is 0 Å². The van der Waals surface area contributed by atoms with Gasteiger partial charge in [0.15, 0.2) is 18.3 Å². The van der Waals surface area contributed by atoms with Crippen molar-refractivity contribution in [1.82, 2.24) is 0 Å². The lowest BCUT2D eigenvalue weighted by molar-refractivity contribution is -0.194. The van der Waals surface area contributed by atoms with E-state index in [1.165, 1.54) is 18.2 Å². The molecule has 1 rings (SSSR count). The van der Waals surface area contributed by atoms with Crippen LogP contribution in [0.25, 0.3) is 0 Å². The predicted molar refractivity (Wildman–Crippen MR) is 136 cm³/mol. The fourth-order valence-electron chi connectivity index (χ4n) is 3.15. The van der Waals surface area contributed by atoms with Crippen LogP contribution in [0.15, 0.2) is 30.3 Å². The number of aliphatic carboxylic acids is 2. The van der Waals surface area contributed by atoms with Crippen molar-refractivity contribution in [2.24, 2.45) is 0 Å². The van der Waals surface area contributed by atoms with Crippen LogP contribution in [-0.2, 0) is 52.5 Å². The Bertz CT molecular complexity index is 1330. The van der Waals surface area contributed by atoms with Gasteiger partial charge in [-0.3, -0.25) is 8.37 Å². The molecule has 19 nitrogen and oxygen atoms in total. The van der Waals surface area contributed by atoms with Crippen molar-refractivity contribution in [1.29, 1.82) is 0 Å². The minimum absolute atomic E-state index is 0.301. The number of carbonyl (C=O) groups is 4. The summed E-state index contributed by atoms with van der Waals surface area (Å²) in [6.45, 7) is -0.340. The minimum Gasteiger partial charge on any atom is -0.479 e. The molecule has 7 N–H and O–H groups in total. The predicted octanol–water partition coefficient (Wildman–Crippen LogP) is -4.19. The Hall–Kier alpha value is -3.28. The Labute approximate surface area is 244 Å². The number of hydrogen-bond acceptors (Lipinski definition) is 17. The number of esters is 2. The molecule has 1 aromatic carbocycles. The van der Waals surface area contributed by atoms with Crippen LogP contribution in [-0.4, -0.2) is 144 Å². The molecule has 0 saturated carbocycles. The SMILES string of the molecule is CCS(=O)(=O)O[C@H](CO)[C@@H](OS(C)(=O)=O)[C@H](OC(=O)c1ccccc1)[C@@H](OC(=O)[C@H](O)[C@@H](O)[C@H](O)[C@H](O)C(=O)O)C(=O)O. The highest BCUT2D eigenvalue weighted by molar-refractivity contribution is 7.86. The van der Waals surface area contributed by atoms with E-state index < -0.39 is 105 Å². The molecule has 1 aromatic rings. The van der Waals surface area contributed by atoms with E-state index in [2.05, 4.69) is 4.74 Å². The summed E-state index contributed by atoms with van der Waals surface area (Å²) in [6.07, 6.45) is -21.4. The van der Waals surface area contributed by atoms with Crippen LogP contribution in [0.4, 0.5) is 0 Å². The van der Waals surface area contributed by atoms with E-state index in [4.69, 9.17) is 18.2 Å². The van der Waals surface area contributed by atoms with Gasteiger partial charge in [-0.2, -0.15) is 16.8 Å². The average Bonchev–Trinajstić information content (AvgIpc) is 2.94. The molecule has 244 valence electrons. The number of benzene rings is 1. The number of ether oxygens (including phenoxy) is 2. The molecule has 8 atom stereocenters. The molecule has 0 radical (unpaired) electrons. The van der Waals surface area contributed by atoms with Gasteiger partial charge < -0.3 is 45.2 Å². The van der Waals surface area contributed by atoms with Crippen LogP contribution in [0.2, 0.25) is 0 Å². The van der Waals surface area contributed by atoms with Gasteiger partial charge in [-0.05, 0) is 19.1 Å². The molecule has 0 heterocycles. The molecule has 0 aliphatic heterocycles. The third kappa shape index (κ3) is 11.4. The Kier molecular flexibility index (Phi) is 14.0. The van der Waals surface area contributed by atoms with Gasteiger partial charge >= 0.3 is 23.9 Å². The number of rotatable bonds is 18. The molecule has 0 aliphatic carbocycles. The van der Waals surface area contributed by atoms with Crippen LogP contribution in [0.3, 0.4) is 0 Å². The first-order chi connectivity index (χ1) is 19.8. The van der Waals surface area contributed by atoms with Crippen LogP contribution >= 0.6 is 0 Å². The first-order valence-corrected chi connectivity index (χ1v) is 15.2. The van der Waals surface area contributed by atoms with Gasteiger partial charge in [-0.15, -0.1) is 0 Å². The third-order valence-corrected chi connectivity index (χ3v) is 7.13. The maximum atomic E-state index is 12.9. The van der Waals surface area contributed by atoms with Gasteiger partial charge in [0.25, 0.3) is 20.2 Å². The van der Waals surface area contributed by atoms with E-state index >= 15 is 0 Å². The maximum Gasteiger partial charge on any atom is 0.349 e. The highest BCUT2D eigenvalue weighted by atomic mass is 32.2. The Balaban J connectivity index is 3.69. The molecule has 0 aromatic heterocycles. The summed E-state index contributed by atoms with van der Waals surface area (Å²) in [4.78, 5) is 48.5. The van der Waals surface area contributed by atoms with Gasteiger partial charge in [0.2, 0.25) is 6.10 Å². The molecule has 43 heavy (non-hydrogen) atoms. The summed E-state index contributed by atoms with van der Waals surface area (Å²) < 4.78 is 67.5. The van der Waals surface area contributed by atoms with Crippen molar-refractivity contribution in [2.45, 2.75) is 55.8 Å². The number of aliphatic hydroxyl groups excluding tert-OH is 5. The zero-order valence-electron chi connectivity index (χ0n) is 22.3. The van der Waals surface area contributed by atoms with E-state index in [0.29, 0.717) is 6.26 Å². The monoisotopic (exact) mass is 662 g/mol. The second-order valence-corrected chi connectivity index (χ2v) is 12.1. The summed E-state index contributed by atoms with van der Waals surface area (Å²) in [5.41, 5.74) is -0.301. The largest absolute Gasteiger partial charge is 0.479 e. The fraction of sp³-hybridized carbons (Fsp3) is 0.545. The number of carboxylic acids is 2. The number of hydrogen-bond donors (Lipinski definition) is 7. The van der Waals surface area contributed by atoms with Gasteiger partial charge in [-0.1, -0.05) is 18.2 Å². The first-order valence-electron chi connectivity index (χ1n) is 11.8. The first kappa shape index (κ1) is 37.7. The van der Waals surface area contributed by atoms with Crippen molar-refractivity contribution in [3.05, 3.63) is 35.9 Å². The van der Waals surface area contributed by atoms with Crippen molar-refractivity contribution >= 4 is 44.1 Å². The lowest BCUT2D eigenvalue weighted by atomic mass is 10.0. The normalized spacial score (nSPS) is 17.7. The maximum absolute atomic E-state index is 12.9. The molecule has 0 aliphatic rings. The Morgan fingerprint density at radius 2 is 1.33 bits per heavy atom. The Morgan fingerprint density at radius 1 is 0.791 bits per heavy atom. The zero-order valence-corrected chi connectivity index (χ0v) is 23.9. The standard InChI is InChI=1S/C22H30O19S2/c1-3-43(36,37)40-11(9-23)16(41-42(2,34)35)17(38-21(32)10-7-5-4-6-8-10)18(20(30)31)39-22(33)15(27)13(25)12(24)14(26)19(28)29/h4-8,11-18,23-27H,3,9H2,1-2H3,(H,28,29)(H,30,31)/t11-,12+,13+,14+,15-,16-,17+,18-/m1/s1. The van der Waals surface area contributed by atoms with Crippen LogP contribution < -0.4 is 0 Å². The Morgan fingerprint density at radius 3 is 1.77 bits per heavy atom. The van der Waals surface area contributed by atoms with E-state index in [1.54, 1.807) is 0 Å². The third-order valence-electron chi connectivity index (χ3n) is 5.31. The number of carboxylic acid groups (broad SMARTS) is 2. The summed E-state index contributed by atoms with van der Waals surface area (Å²) in [5.74, 6) is -8.69. The van der Waals surface area contributed by atoms with Crippen molar-refractivity contribution in [2.75, 3.05) is 18.6 Å². The van der Waals surface area contributed by atoms with Gasteiger partial charge in [0.1, 0.15) is 24.4 Å². The topological polar surface area (TPSA) is 315 Å². The molecular formula is C22H30O19S2. The quantitative estimate of drug-likeness (QED) is 0.0579. The van der Waals surface area contributed by atoms with Crippen LogP contribution in [0.1, 0.15) is 17.3 Å². The van der Waals surface area contributed by atoms with E-state index in [-0.39, 0.29) is 5.56 Å². The highest BCUT2D eigenvalue weighted by Gasteiger charge is 2.49. The molecule has 21 heteroatoms. The molecule has 0 fully saturated rings. The lowest BCUT2D eigenvalue weighted by Gasteiger charge is -2.34. The van der Waals surface area contributed by atoms with Crippen LogP contribution in [0.5, 0.6) is 0 Å². The van der Waals surface area contributed by atoms with Gasteiger partial charge in [0, 0.05) is 0 Å². The molecular weight excluding hydrogens is 632 g/mol.